The lowest BCUT2D eigenvalue weighted by Crippen LogP contribution is -2.39. The smallest absolute Gasteiger partial charge is 0.254 e. The minimum absolute atomic E-state index is 0.0578. The number of carbonyl (C=O) groups excluding carboxylic acids is 1. The highest BCUT2D eigenvalue weighted by atomic mass is 16.5. The van der Waals surface area contributed by atoms with Crippen molar-refractivity contribution in [3.05, 3.63) is 23.8 Å². The molecule has 0 aliphatic carbocycles. The molecule has 4 heteroatoms. The third-order valence-electron chi connectivity index (χ3n) is 3.90. The van der Waals surface area contributed by atoms with Crippen LogP contribution in [0.5, 0.6) is 5.75 Å². The molecule has 0 saturated carbocycles. The van der Waals surface area contributed by atoms with E-state index in [1.807, 2.05) is 4.90 Å². The lowest BCUT2D eigenvalue weighted by molar-refractivity contribution is 0.0676. The summed E-state index contributed by atoms with van der Waals surface area (Å²) in [4.78, 5) is 14.7. The first kappa shape index (κ1) is 13.7. The quantitative estimate of drug-likeness (QED) is 0.852. The van der Waals surface area contributed by atoms with Crippen LogP contribution in [0, 0.1) is 0 Å². The van der Waals surface area contributed by atoms with Crippen molar-refractivity contribution < 1.29 is 9.53 Å². The topological polar surface area (TPSA) is 55.6 Å². The molecule has 19 heavy (non-hydrogen) atoms. The minimum Gasteiger partial charge on any atom is -0.497 e. The monoisotopic (exact) mass is 262 g/mol. The maximum atomic E-state index is 12.7. The van der Waals surface area contributed by atoms with Crippen molar-refractivity contribution in [1.82, 2.24) is 4.90 Å². The number of rotatable bonds is 3. The second-order valence-electron chi connectivity index (χ2n) is 5.20. The van der Waals surface area contributed by atoms with Crippen LogP contribution in [-0.4, -0.2) is 30.0 Å². The lowest BCUT2D eigenvalue weighted by Gasteiger charge is -2.28. The van der Waals surface area contributed by atoms with E-state index in [0.29, 0.717) is 29.1 Å². The molecule has 1 aliphatic rings. The van der Waals surface area contributed by atoms with E-state index in [0.717, 1.165) is 19.3 Å². The van der Waals surface area contributed by atoms with Gasteiger partial charge in [0.2, 0.25) is 0 Å². The van der Waals surface area contributed by atoms with Gasteiger partial charge in [-0.2, -0.15) is 0 Å². The molecule has 1 heterocycles. The van der Waals surface area contributed by atoms with Gasteiger partial charge in [0.25, 0.3) is 5.91 Å². The summed E-state index contributed by atoms with van der Waals surface area (Å²) in [6.07, 6.45) is 3.15. The Bertz CT molecular complexity index is 473. The van der Waals surface area contributed by atoms with Gasteiger partial charge >= 0.3 is 0 Å². The molecule has 2 unspecified atom stereocenters. The Kier molecular flexibility index (Phi) is 3.98. The first-order valence-electron chi connectivity index (χ1n) is 6.84. The summed E-state index contributed by atoms with van der Waals surface area (Å²) >= 11 is 0. The number of amides is 1. The Hall–Kier alpha value is -1.71. The summed E-state index contributed by atoms with van der Waals surface area (Å²) < 4.78 is 5.18. The summed E-state index contributed by atoms with van der Waals surface area (Å²) in [6.45, 7) is 4.24. The molecule has 2 rings (SSSR count). The Labute approximate surface area is 114 Å². The number of likely N-dealkylation sites (tertiary alicyclic amines) is 1. The van der Waals surface area contributed by atoms with Crippen LogP contribution in [0.1, 0.15) is 43.5 Å². The fourth-order valence-corrected chi connectivity index (χ4v) is 2.85. The van der Waals surface area contributed by atoms with Gasteiger partial charge in [-0.25, -0.2) is 0 Å². The van der Waals surface area contributed by atoms with E-state index >= 15 is 0 Å². The summed E-state index contributed by atoms with van der Waals surface area (Å²) in [5.41, 5.74) is 7.00. The maximum Gasteiger partial charge on any atom is 0.254 e. The molecule has 104 valence electrons. The Balaban J connectivity index is 2.30. The number of hydrogen-bond acceptors (Lipinski definition) is 3. The van der Waals surface area contributed by atoms with Gasteiger partial charge in [-0.15, -0.1) is 0 Å². The first-order chi connectivity index (χ1) is 9.06. The lowest BCUT2D eigenvalue weighted by atomic mass is 10.1. The highest BCUT2D eigenvalue weighted by molar-refractivity contribution is 5.96. The summed E-state index contributed by atoms with van der Waals surface area (Å²) in [7, 11) is 1.58. The van der Waals surface area contributed by atoms with E-state index in [1.165, 1.54) is 0 Å². The van der Waals surface area contributed by atoms with Crippen LogP contribution in [0.25, 0.3) is 0 Å². The van der Waals surface area contributed by atoms with Gasteiger partial charge in [-0.1, -0.05) is 6.92 Å². The average Bonchev–Trinajstić information content (AvgIpc) is 2.78. The zero-order valence-corrected chi connectivity index (χ0v) is 11.8. The maximum absolute atomic E-state index is 12.7. The molecule has 0 spiro atoms. The van der Waals surface area contributed by atoms with E-state index in [-0.39, 0.29) is 5.91 Å². The van der Waals surface area contributed by atoms with Crippen LogP contribution in [0.3, 0.4) is 0 Å². The van der Waals surface area contributed by atoms with Crippen LogP contribution in [0.4, 0.5) is 5.69 Å². The fourth-order valence-electron chi connectivity index (χ4n) is 2.85. The van der Waals surface area contributed by atoms with Crippen molar-refractivity contribution in [3.8, 4) is 5.75 Å². The second-order valence-corrected chi connectivity index (χ2v) is 5.20. The highest BCUT2D eigenvalue weighted by Crippen LogP contribution is 2.29. The number of hydrogen-bond donors (Lipinski definition) is 1. The van der Waals surface area contributed by atoms with Gasteiger partial charge < -0.3 is 15.4 Å². The molecule has 1 amide bonds. The summed E-state index contributed by atoms with van der Waals surface area (Å²) in [6, 6.07) is 5.85. The molecule has 1 aromatic carbocycles. The minimum atomic E-state index is 0.0578. The largest absolute Gasteiger partial charge is 0.497 e. The van der Waals surface area contributed by atoms with Crippen molar-refractivity contribution in [2.45, 2.75) is 45.2 Å². The third kappa shape index (κ3) is 2.67. The van der Waals surface area contributed by atoms with E-state index in [9.17, 15) is 4.79 Å². The van der Waals surface area contributed by atoms with Crippen molar-refractivity contribution in [1.29, 1.82) is 0 Å². The number of nitrogen functional groups attached to an aromatic ring is 1. The molecular formula is C15H22N2O2. The van der Waals surface area contributed by atoms with Crippen molar-refractivity contribution in [2.24, 2.45) is 0 Å². The number of carbonyl (C=O) groups is 1. The van der Waals surface area contributed by atoms with E-state index < -0.39 is 0 Å². The summed E-state index contributed by atoms with van der Waals surface area (Å²) in [5, 5.41) is 0. The molecule has 4 nitrogen and oxygen atoms in total. The average molecular weight is 262 g/mol. The Morgan fingerprint density at radius 2 is 2.16 bits per heavy atom. The molecule has 1 saturated heterocycles. The molecular weight excluding hydrogens is 240 g/mol. The number of ether oxygens (including phenoxy) is 1. The fraction of sp³-hybridized carbons (Fsp3) is 0.533. The van der Waals surface area contributed by atoms with Gasteiger partial charge in [-0.05, 0) is 38.3 Å². The van der Waals surface area contributed by atoms with Crippen LogP contribution in [0.15, 0.2) is 18.2 Å². The van der Waals surface area contributed by atoms with E-state index in [4.69, 9.17) is 10.5 Å². The van der Waals surface area contributed by atoms with Crippen molar-refractivity contribution >= 4 is 11.6 Å². The van der Waals surface area contributed by atoms with Gasteiger partial charge in [0, 0.05) is 29.4 Å². The molecule has 2 atom stereocenters. The second kappa shape index (κ2) is 5.51. The number of benzene rings is 1. The molecule has 0 bridgehead atoms. The number of nitrogens with two attached hydrogens (primary N) is 1. The molecule has 1 fully saturated rings. The number of nitrogens with zero attached hydrogens (tertiary/aromatic N) is 1. The Morgan fingerprint density at radius 1 is 1.42 bits per heavy atom. The van der Waals surface area contributed by atoms with E-state index in [2.05, 4.69) is 13.8 Å². The molecule has 0 aromatic heterocycles. The van der Waals surface area contributed by atoms with Crippen molar-refractivity contribution in [2.75, 3.05) is 12.8 Å². The summed E-state index contributed by atoms with van der Waals surface area (Å²) in [5.74, 6) is 0.686. The van der Waals surface area contributed by atoms with Gasteiger partial charge in [0.1, 0.15) is 5.75 Å². The van der Waals surface area contributed by atoms with E-state index in [1.54, 1.807) is 25.3 Å². The predicted molar refractivity (Wildman–Crippen MR) is 76.4 cm³/mol. The van der Waals surface area contributed by atoms with Crippen LogP contribution >= 0.6 is 0 Å². The van der Waals surface area contributed by atoms with Crippen LogP contribution in [-0.2, 0) is 0 Å². The molecule has 1 aliphatic heterocycles. The Morgan fingerprint density at radius 3 is 2.79 bits per heavy atom. The molecule has 2 N–H and O–H groups in total. The molecule has 0 radical (unpaired) electrons. The molecule has 1 aromatic rings. The van der Waals surface area contributed by atoms with Gasteiger partial charge in [0.15, 0.2) is 0 Å². The zero-order chi connectivity index (χ0) is 14.0. The first-order valence-corrected chi connectivity index (χ1v) is 6.84. The normalized spacial score (nSPS) is 22.6. The predicted octanol–water partition coefficient (Wildman–Crippen LogP) is 2.68. The third-order valence-corrected chi connectivity index (χ3v) is 3.90. The van der Waals surface area contributed by atoms with Crippen LogP contribution < -0.4 is 10.5 Å². The zero-order valence-electron chi connectivity index (χ0n) is 11.8. The van der Waals surface area contributed by atoms with Gasteiger partial charge in [-0.3, -0.25) is 4.79 Å². The number of anilines is 1. The highest BCUT2D eigenvalue weighted by Gasteiger charge is 2.33. The van der Waals surface area contributed by atoms with Crippen molar-refractivity contribution in [3.63, 3.8) is 0 Å². The standard InChI is InChI=1S/C15H22N2O2/c1-4-13-6-5-10(2)17(13)15(18)11-7-12(16)9-14(8-11)19-3/h7-10,13H,4-6,16H2,1-3H3. The SMILES string of the molecule is CCC1CCC(C)N1C(=O)c1cc(N)cc(OC)c1. The number of methoxy groups -OCH3 is 1. The van der Waals surface area contributed by atoms with Gasteiger partial charge in [0.05, 0.1) is 7.11 Å². The van der Waals surface area contributed by atoms with Crippen LogP contribution in [0.2, 0.25) is 0 Å².